The number of imidazole rings is 1. The number of amides is 1. The van der Waals surface area contributed by atoms with Crippen molar-refractivity contribution in [3.05, 3.63) is 23.8 Å². The fourth-order valence-electron chi connectivity index (χ4n) is 2.02. The zero-order chi connectivity index (χ0) is 13.3. The summed E-state index contributed by atoms with van der Waals surface area (Å²) in [7, 11) is 3.50. The standard InChI is InChI=1S/C14H21N3O/c1-10(2)17-12(7-8-13(18)16(3)4)9-15-14(17)11-5-6-11/h7-11H,5-6H2,1-4H3. The number of hydrogen-bond donors (Lipinski definition) is 0. The fourth-order valence-corrected chi connectivity index (χ4v) is 2.02. The first-order valence-electron chi connectivity index (χ1n) is 6.47. The van der Waals surface area contributed by atoms with Crippen LogP contribution in [0.25, 0.3) is 6.08 Å². The van der Waals surface area contributed by atoms with Crippen molar-refractivity contribution in [1.82, 2.24) is 14.5 Å². The zero-order valence-electron chi connectivity index (χ0n) is 11.6. The maximum Gasteiger partial charge on any atom is 0.246 e. The molecule has 1 saturated carbocycles. The van der Waals surface area contributed by atoms with Gasteiger partial charge in [0.2, 0.25) is 5.91 Å². The molecule has 2 rings (SSSR count). The number of nitrogens with zero attached hydrogens (tertiary/aromatic N) is 3. The Morgan fingerprint density at radius 2 is 2.17 bits per heavy atom. The van der Waals surface area contributed by atoms with Crippen molar-refractivity contribution in [2.75, 3.05) is 14.1 Å². The van der Waals surface area contributed by atoms with Gasteiger partial charge in [0.25, 0.3) is 0 Å². The summed E-state index contributed by atoms with van der Waals surface area (Å²) in [5, 5.41) is 0. The highest BCUT2D eigenvalue weighted by molar-refractivity contribution is 5.91. The monoisotopic (exact) mass is 247 g/mol. The van der Waals surface area contributed by atoms with Crippen LogP contribution in [-0.4, -0.2) is 34.5 Å². The van der Waals surface area contributed by atoms with Crippen LogP contribution in [0.1, 0.15) is 50.2 Å². The molecular formula is C14H21N3O. The number of likely N-dealkylation sites (N-methyl/N-ethyl adjacent to an activating group) is 1. The molecule has 1 amide bonds. The molecule has 4 heteroatoms. The maximum absolute atomic E-state index is 11.6. The van der Waals surface area contributed by atoms with Gasteiger partial charge in [-0.05, 0) is 32.8 Å². The topological polar surface area (TPSA) is 38.1 Å². The van der Waals surface area contributed by atoms with E-state index in [-0.39, 0.29) is 5.91 Å². The third-order valence-electron chi connectivity index (χ3n) is 3.15. The molecule has 0 bridgehead atoms. The van der Waals surface area contributed by atoms with Crippen LogP contribution < -0.4 is 0 Å². The van der Waals surface area contributed by atoms with Gasteiger partial charge >= 0.3 is 0 Å². The van der Waals surface area contributed by atoms with Crippen LogP contribution in [0.3, 0.4) is 0 Å². The molecule has 0 atom stereocenters. The summed E-state index contributed by atoms with van der Waals surface area (Å²) < 4.78 is 2.23. The van der Waals surface area contributed by atoms with E-state index in [1.807, 2.05) is 12.3 Å². The van der Waals surface area contributed by atoms with Crippen LogP contribution in [0, 0.1) is 0 Å². The predicted octanol–water partition coefficient (Wildman–Crippen LogP) is 2.44. The molecular weight excluding hydrogens is 226 g/mol. The smallest absolute Gasteiger partial charge is 0.246 e. The van der Waals surface area contributed by atoms with Gasteiger partial charge in [0.15, 0.2) is 0 Å². The molecule has 0 aliphatic heterocycles. The lowest BCUT2D eigenvalue weighted by Gasteiger charge is -2.14. The lowest BCUT2D eigenvalue weighted by Crippen LogP contribution is -2.18. The highest BCUT2D eigenvalue weighted by atomic mass is 16.2. The minimum Gasteiger partial charge on any atom is -0.345 e. The van der Waals surface area contributed by atoms with E-state index >= 15 is 0 Å². The normalized spacial score (nSPS) is 15.6. The molecule has 18 heavy (non-hydrogen) atoms. The van der Waals surface area contributed by atoms with E-state index in [0.29, 0.717) is 12.0 Å². The van der Waals surface area contributed by atoms with Crippen LogP contribution in [0.4, 0.5) is 0 Å². The first-order valence-corrected chi connectivity index (χ1v) is 6.47. The van der Waals surface area contributed by atoms with Crippen LogP contribution in [-0.2, 0) is 4.79 Å². The Morgan fingerprint density at radius 3 is 2.67 bits per heavy atom. The molecule has 1 aliphatic carbocycles. The van der Waals surface area contributed by atoms with E-state index in [4.69, 9.17) is 0 Å². The molecule has 0 saturated heterocycles. The predicted molar refractivity (Wildman–Crippen MR) is 72.3 cm³/mol. The summed E-state index contributed by atoms with van der Waals surface area (Å²) >= 11 is 0. The number of carbonyl (C=O) groups excluding carboxylic acids is 1. The second kappa shape index (κ2) is 4.96. The van der Waals surface area contributed by atoms with E-state index in [1.54, 1.807) is 25.1 Å². The van der Waals surface area contributed by atoms with Gasteiger partial charge in [-0.2, -0.15) is 0 Å². The Labute approximate surface area is 108 Å². The minimum absolute atomic E-state index is 0.000483. The zero-order valence-corrected chi connectivity index (χ0v) is 11.6. The van der Waals surface area contributed by atoms with Crippen molar-refractivity contribution in [2.45, 2.75) is 38.6 Å². The molecule has 1 aromatic rings. The third-order valence-corrected chi connectivity index (χ3v) is 3.15. The average molecular weight is 247 g/mol. The van der Waals surface area contributed by atoms with E-state index in [9.17, 15) is 4.79 Å². The molecule has 1 fully saturated rings. The Morgan fingerprint density at radius 1 is 1.50 bits per heavy atom. The minimum atomic E-state index is -0.000483. The van der Waals surface area contributed by atoms with Gasteiger partial charge in [0.1, 0.15) is 5.82 Å². The van der Waals surface area contributed by atoms with Gasteiger partial charge in [-0.15, -0.1) is 0 Å². The molecule has 98 valence electrons. The highest BCUT2D eigenvalue weighted by Gasteiger charge is 2.29. The average Bonchev–Trinajstić information content (AvgIpc) is 3.05. The fraction of sp³-hybridized carbons (Fsp3) is 0.571. The van der Waals surface area contributed by atoms with Crippen molar-refractivity contribution in [3.8, 4) is 0 Å². The van der Waals surface area contributed by atoms with Crippen molar-refractivity contribution < 1.29 is 4.79 Å². The molecule has 0 unspecified atom stereocenters. The molecule has 1 aliphatic rings. The Hall–Kier alpha value is -1.58. The quantitative estimate of drug-likeness (QED) is 0.766. The molecule has 0 N–H and O–H groups in total. The number of carbonyl (C=O) groups is 1. The second-order valence-corrected chi connectivity index (χ2v) is 5.35. The number of aromatic nitrogens is 2. The summed E-state index contributed by atoms with van der Waals surface area (Å²) in [4.78, 5) is 17.6. The van der Waals surface area contributed by atoms with Crippen LogP contribution in [0.5, 0.6) is 0 Å². The highest BCUT2D eigenvalue weighted by Crippen LogP contribution is 2.40. The van der Waals surface area contributed by atoms with Gasteiger partial charge in [0.05, 0.1) is 11.9 Å². The largest absolute Gasteiger partial charge is 0.345 e. The van der Waals surface area contributed by atoms with Gasteiger partial charge < -0.3 is 9.47 Å². The lowest BCUT2D eigenvalue weighted by molar-refractivity contribution is -0.123. The van der Waals surface area contributed by atoms with Crippen LogP contribution >= 0.6 is 0 Å². The Balaban J connectivity index is 2.25. The molecule has 1 aromatic heterocycles. The Kier molecular flexibility index (Phi) is 3.55. The van der Waals surface area contributed by atoms with Gasteiger partial charge in [-0.1, -0.05) is 0 Å². The third kappa shape index (κ3) is 2.63. The first kappa shape index (κ1) is 12.9. The summed E-state index contributed by atoms with van der Waals surface area (Å²) in [6.07, 6.45) is 7.81. The summed E-state index contributed by atoms with van der Waals surface area (Å²) in [6.45, 7) is 4.30. The van der Waals surface area contributed by atoms with E-state index in [0.717, 1.165) is 5.69 Å². The van der Waals surface area contributed by atoms with Crippen LogP contribution in [0.2, 0.25) is 0 Å². The van der Waals surface area contributed by atoms with Crippen molar-refractivity contribution >= 4 is 12.0 Å². The summed E-state index contributed by atoms with van der Waals surface area (Å²) in [6, 6.07) is 0.372. The molecule has 0 radical (unpaired) electrons. The molecule has 4 nitrogen and oxygen atoms in total. The molecule has 1 heterocycles. The van der Waals surface area contributed by atoms with Gasteiger partial charge in [-0.3, -0.25) is 4.79 Å². The first-order chi connectivity index (χ1) is 8.50. The number of hydrogen-bond acceptors (Lipinski definition) is 2. The number of rotatable bonds is 4. The second-order valence-electron chi connectivity index (χ2n) is 5.35. The van der Waals surface area contributed by atoms with Crippen molar-refractivity contribution in [1.29, 1.82) is 0 Å². The Bertz CT molecular complexity index is 467. The van der Waals surface area contributed by atoms with Gasteiger partial charge in [0, 0.05) is 32.1 Å². The van der Waals surface area contributed by atoms with E-state index < -0.39 is 0 Å². The van der Waals surface area contributed by atoms with Gasteiger partial charge in [-0.25, -0.2) is 4.98 Å². The summed E-state index contributed by atoms with van der Waals surface area (Å²) in [5.74, 6) is 1.79. The van der Waals surface area contributed by atoms with E-state index in [2.05, 4.69) is 23.4 Å². The SMILES string of the molecule is CC(C)n1c(C=CC(=O)N(C)C)cnc1C1CC1. The maximum atomic E-state index is 11.6. The van der Waals surface area contributed by atoms with Crippen molar-refractivity contribution in [3.63, 3.8) is 0 Å². The molecule has 0 spiro atoms. The van der Waals surface area contributed by atoms with Crippen LogP contribution in [0.15, 0.2) is 12.3 Å². The lowest BCUT2D eigenvalue weighted by atomic mass is 10.3. The van der Waals surface area contributed by atoms with E-state index in [1.165, 1.54) is 18.7 Å². The van der Waals surface area contributed by atoms with Crippen molar-refractivity contribution in [2.24, 2.45) is 0 Å². The summed E-state index contributed by atoms with van der Waals surface area (Å²) in [5.41, 5.74) is 1.02. The molecule has 0 aromatic carbocycles.